The Morgan fingerprint density at radius 3 is 2.90 bits per heavy atom. The monoisotopic (exact) mass is 283 g/mol. The second-order valence-electron chi connectivity index (χ2n) is 4.82. The zero-order chi connectivity index (χ0) is 15.0. The highest BCUT2D eigenvalue weighted by Gasteiger charge is 2.14. The predicted octanol–water partition coefficient (Wildman–Crippen LogP) is 1.78. The predicted molar refractivity (Wildman–Crippen MR) is 77.6 cm³/mol. The number of hydrogen-bond donors (Lipinski definition) is 2. The third kappa shape index (κ3) is 2.20. The maximum Gasteiger partial charge on any atom is 0.337 e. The van der Waals surface area contributed by atoms with E-state index in [4.69, 9.17) is 0 Å². The Hall–Kier alpha value is -2.89. The molecule has 0 amide bonds. The highest BCUT2D eigenvalue weighted by Crippen LogP contribution is 2.17. The standard InChI is InChI=1S/C15H13N3O3/c1-9-7-16-6-5-10(9)8-18-12-4-2-3-11(14(19)20)13(12)17-15(18)21/h2-7H,8H2,1H3,(H,17,21)(H,19,20). The van der Waals surface area contributed by atoms with Gasteiger partial charge in [-0.25, -0.2) is 9.59 Å². The number of nitrogens with one attached hydrogen (secondary N) is 1. The lowest BCUT2D eigenvalue weighted by molar-refractivity contribution is 0.0699. The van der Waals surface area contributed by atoms with Crippen molar-refractivity contribution in [1.82, 2.24) is 14.5 Å². The maximum absolute atomic E-state index is 12.1. The largest absolute Gasteiger partial charge is 0.478 e. The molecule has 0 bridgehead atoms. The van der Waals surface area contributed by atoms with Crippen LogP contribution in [0, 0.1) is 6.92 Å². The number of imidazole rings is 1. The zero-order valence-corrected chi connectivity index (χ0v) is 11.3. The van der Waals surface area contributed by atoms with Gasteiger partial charge in [0.15, 0.2) is 0 Å². The van der Waals surface area contributed by atoms with E-state index in [9.17, 15) is 14.7 Å². The Kier molecular flexibility index (Phi) is 3.06. The third-order valence-corrected chi connectivity index (χ3v) is 3.51. The van der Waals surface area contributed by atoms with Crippen LogP contribution in [0.15, 0.2) is 41.5 Å². The molecule has 6 heteroatoms. The van der Waals surface area contributed by atoms with Crippen LogP contribution in [0.3, 0.4) is 0 Å². The number of fused-ring (bicyclic) bond motifs is 1. The molecule has 0 unspecified atom stereocenters. The molecule has 0 aliphatic carbocycles. The number of hydrogen-bond acceptors (Lipinski definition) is 3. The smallest absolute Gasteiger partial charge is 0.337 e. The molecule has 0 fully saturated rings. The molecule has 3 rings (SSSR count). The van der Waals surface area contributed by atoms with Crippen molar-refractivity contribution >= 4 is 17.0 Å². The van der Waals surface area contributed by atoms with Crippen LogP contribution in [0.2, 0.25) is 0 Å². The third-order valence-electron chi connectivity index (χ3n) is 3.51. The van der Waals surface area contributed by atoms with E-state index in [2.05, 4.69) is 9.97 Å². The number of carbonyl (C=O) groups is 1. The first-order chi connectivity index (χ1) is 10.1. The molecule has 2 aromatic heterocycles. The van der Waals surface area contributed by atoms with Crippen LogP contribution in [0.4, 0.5) is 0 Å². The minimum Gasteiger partial charge on any atom is -0.478 e. The number of carboxylic acids is 1. The highest BCUT2D eigenvalue weighted by molar-refractivity contribution is 6.00. The van der Waals surface area contributed by atoms with Crippen LogP contribution in [0.25, 0.3) is 11.0 Å². The number of aromatic amines is 1. The first kappa shape index (κ1) is 13.1. The Morgan fingerprint density at radius 2 is 2.19 bits per heavy atom. The van der Waals surface area contributed by atoms with Gasteiger partial charge in [0.2, 0.25) is 0 Å². The molecule has 0 spiro atoms. The van der Waals surface area contributed by atoms with Gasteiger partial charge in [-0.15, -0.1) is 0 Å². The summed E-state index contributed by atoms with van der Waals surface area (Å²) in [5.74, 6) is -1.06. The summed E-state index contributed by atoms with van der Waals surface area (Å²) in [5.41, 5.74) is 2.64. The molecule has 0 saturated heterocycles. The van der Waals surface area contributed by atoms with Crippen molar-refractivity contribution in [3.05, 3.63) is 63.8 Å². The van der Waals surface area contributed by atoms with E-state index >= 15 is 0 Å². The molecular weight excluding hydrogens is 270 g/mol. The maximum atomic E-state index is 12.1. The van der Waals surface area contributed by atoms with Crippen molar-refractivity contribution < 1.29 is 9.90 Å². The Balaban J connectivity index is 2.18. The Labute approximate surface area is 119 Å². The van der Waals surface area contributed by atoms with Gasteiger partial charge in [-0.2, -0.15) is 0 Å². The molecule has 6 nitrogen and oxygen atoms in total. The second-order valence-corrected chi connectivity index (χ2v) is 4.82. The summed E-state index contributed by atoms with van der Waals surface area (Å²) in [4.78, 5) is 30.0. The van der Waals surface area contributed by atoms with Crippen LogP contribution in [-0.2, 0) is 6.54 Å². The molecule has 0 aliphatic heterocycles. The Bertz CT molecular complexity index is 893. The van der Waals surface area contributed by atoms with Gasteiger partial charge in [0.1, 0.15) is 0 Å². The fourth-order valence-corrected chi connectivity index (χ4v) is 2.37. The van der Waals surface area contributed by atoms with E-state index in [1.165, 1.54) is 10.6 Å². The van der Waals surface area contributed by atoms with Crippen LogP contribution in [0.1, 0.15) is 21.5 Å². The van der Waals surface area contributed by atoms with E-state index in [0.717, 1.165) is 11.1 Å². The number of nitrogens with zero attached hydrogens (tertiary/aromatic N) is 2. The highest BCUT2D eigenvalue weighted by atomic mass is 16.4. The molecule has 21 heavy (non-hydrogen) atoms. The summed E-state index contributed by atoms with van der Waals surface area (Å²) in [6.45, 7) is 2.29. The number of benzene rings is 1. The van der Waals surface area contributed by atoms with Crippen LogP contribution in [0.5, 0.6) is 0 Å². The van der Waals surface area contributed by atoms with E-state index < -0.39 is 5.97 Å². The zero-order valence-electron chi connectivity index (χ0n) is 11.3. The van der Waals surface area contributed by atoms with E-state index in [-0.39, 0.29) is 11.3 Å². The number of rotatable bonds is 3. The van der Waals surface area contributed by atoms with Crippen molar-refractivity contribution in [2.24, 2.45) is 0 Å². The topological polar surface area (TPSA) is 88.0 Å². The average Bonchev–Trinajstić information content (AvgIpc) is 2.77. The van der Waals surface area contributed by atoms with Gasteiger partial charge in [0.05, 0.1) is 23.1 Å². The first-order valence-electron chi connectivity index (χ1n) is 6.42. The lowest BCUT2D eigenvalue weighted by Gasteiger charge is -2.06. The number of aryl methyl sites for hydroxylation is 1. The number of aromatic nitrogens is 3. The summed E-state index contributed by atoms with van der Waals surface area (Å²) >= 11 is 0. The van der Waals surface area contributed by atoms with Crippen LogP contribution >= 0.6 is 0 Å². The second kappa shape index (κ2) is 4.90. The Morgan fingerprint density at radius 1 is 1.38 bits per heavy atom. The van der Waals surface area contributed by atoms with Gasteiger partial charge in [0, 0.05) is 12.4 Å². The number of H-pyrrole nitrogens is 1. The lowest BCUT2D eigenvalue weighted by Crippen LogP contribution is -2.17. The SMILES string of the molecule is Cc1cnccc1Cn1c(=O)[nH]c2c(C(=O)O)cccc21. The summed E-state index contributed by atoms with van der Waals surface area (Å²) in [7, 11) is 0. The van der Waals surface area contributed by atoms with Crippen LogP contribution < -0.4 is 5.69 Å². The van der Waals surface area contributed by atoms with Gasteiger partial charge < -0.3 is 10.1 Å². The summed E-state index contributed by atoms with van der Waals surface area (Å²) in [6, 6.07) is 6.69. The number of pyridine rings is 1. The first-order valence-corrected chi connectivity index (χ1v) is 6.42. The normalized spacial score (nSPS) is 10.9. The van der Waals surface area contributed by atoms with Crippen molar-refractivity contribution in [3.63, 3.8) is 0 Å². The molecule has 0 radical (unpaired) electrons. The van der Waals surface area contributed by atoms with Gasteiger partial charge >= 0.3 is 11.7 Å². The van der Waals surface area contributed by atoms with Gasteiger partial charge in [-0.05, 0) is 36.2 Å². The molecule has 0 atom stereocenters. The molecular formula is C15H13N3O3. The molecule has 0 aliphatic rings. The molecule has 0 saturated carbocycles. The number of carboxylic acid groups (broad SMARTS) is 1. The van der Waals surface area contributed by atoms with Crippen molar-refractivity contribution in [2.75, 3.05) is 0 Å². The van der Waals surface area contributed by atoms with Crippen molar-refractivity contribution in [2.45, 2.75) is 13.5 Å². The number of para-hydroxylation sites is 1. The molecule has 2 N–H and O–H groups in total. The average molecular weight is 283 g/mol. The summed E-state index contributed by atoms with van der Waals surface area (Å²) in [6.07, 6.45) is 3.41. The summed E-state index contributed by atoms with van der Waals surface area (Å²) < 4.78 is 1.53. The molecule has 106 valence electrons. The van der Waals surface area contributed by atoms with Gasteiger partial charge in [0.25, 0.3) is 0 Å². The van der Waals surface area contributed by atoms with Crippen molar-refractivity contribution in [3.8, 4) is 0 Å². The van der Waals surface area contributed by atoms with E-state index in [1.54, 1.807) is 24.5 Å². The van der Waals surface area contributed by atoms with Gasteiger partial charge in [-0.3, -0.25) is 9.55 Å². The van der Waals surface area contributed by atoms with Crippen molar-refractivity contribution in [1.29, 1.82) is 0 Å². The fraction of sp³-hybridized carbons (Fsp3) is 0.133. The quantitative estimate of drug-likeness (QED) is 0.767. The minimum absolute atomic E-state index is 0.0924. The van der Waals surface area contributed by atoms with E-state index in [0.29, 0.717) is 17.6 Å². The fourth-order valence-electron chi connectivity index (χ4n) is 2.37. The van der Waals surface area contributed by atoms with Crippen LogP contribution in [-0.4, -0.2) is 25.6 Å². The summed E-state index contributed by atoms with van der Waals surface area (Å²) in [5, 5.41) is 9.18. The molecule has 1 aromatic carbocycles. The van der Waals surface area contributed by atoms with Gasteiger partial charge in [-0.1, -0.05) is 6.07 Å². The number of aromatic carboxylic acids is 1. The van der Waals surface area contributed by atoms with E-state index in [1.807, 2.05) is 13.0 Å². The molecule has 3 aromatic rings. The molecule has 2 heterocycles. The minimum atomic E-state index is -1.06. The lowest BCUT2D eigenvalue weighted by atomic mass is 10.1.